The van der Waals surface area contributed by atoms with Crippen molar-refractivity contribution in [2.75, 3.05) is 6.54 Å². The van der Waals surface area contributed by atoms with Crippen LogP contribution in [0.15, 0.2) is 24.3 Å². The molecule has 1 aromatic carbocycles. The lowest BCUT2D eigenvalue weighted by atomic mass is 9.76. The first kappa shape index (κ1) is 16.5. The topological polar surface area (TPSA) is 12.0 Å². The average Bonchev–Trinajstić information content (AvgIpc) is 2.46. The van der Waals surface area contributed by atoms with Gasteiger partial charge in [0.2, 0.25) is 0 Å². The Morgan fingerprint density at radius 2 is 2.00 bits per heavy atom. The van der Waals surface area contributed by atoms with Crippen molar-refractivity contribution in [1.29, 1.82) is 0 Å². The lowest BCUT2D eigenvalue weighted by Crippen LogP contribution is -2.37. The summed E-state index contributed by atoms with van der Waals surface area (Å²) in [5, 5.41) is 3.85. The molecule has 0 saturated carbocycles. The maximum Gasteiger partial charge on any atom is 0.0136 e. The largest absolute Gasteiger partial charge is 0.313 e. The van der Waals surface area contributed by atoms with Crippen molar-refractivity contribution in [3.05, 3.63) is 35.4 Å². The van der Waals surface area contributed by atoms with Crippen LogP contribution in [0, 0.1) is 5.41 Å². The van der Waals surface area contributed by atoms with E-state index in [1.165, 1.54) is 38.5 Å². The lowest BCUT2D eigenvalue weighted by molar-refractivity contribution is 0.297. The standard InChI is InChI=1S/C20H33N/c1-5-15-21-19(13-14-20(2,3)4)18-12-8-10-16-9-6-7-11-17(16)18/h6-7,9,11,18-19,21H,5,8,10,12-15H2,1-4H3. The van der Waals surface area contributed by atoms with Gasteiger partial charge in [0.1, 0.15) is 0 Å². The second kappa shape index (κ2) is 7.45. The third-order valence-electron chi connectivity index (χ3n) is 4.76. The van der Waals surface area contributed by atoms with Crippen molar-refractivity contribution >= 4 is 0 Å². The van der Waals surface area contributed by atoms with E-state index < -0.39 is 0 Å². The number of rotatable bonds is 6. The van der Waals surface area contributed by atoms with Crippen LogP contribution in [0.3, 0.4) is 0 Å². The molecule has 1 nitrogen and oxygen atoms in total. The van der Waals surface area contributed by atoms with Crippen LogP contribution in [0.1, 0.15) is 76.8 Å². The van der Waals surface area contributed by atoms with Crippen LogP contribution in [-0.4, -0.2) is 12.6 Å². The van der Waals surface area contributed by atoms with Gasteiger partial charge in [0.25, 0.3) is 0 Å². The molecule has 118 valence electrons. The van der Waals surface area contributed by atoms with E-state index in [1.807, 2.05) is 0 Å². The van der Waals surface area contributed by atoms with Gasteiger partial charge in [-0.1, -0.05) is 52.0 Å². The van der Waals surface area contributed by atoms with Crippen LogP contribution in [0.2, 0.25) is 0 Å². The van der Waals surface area contributed by atoms with E-state index >= 15 is 0 Å². The molecule has 1 aliphatic rings. The maximum atomic E-state index is 3.85. The summed E-state index contributed by atoms with van der Waals surface area (Å²) in [6.45, 7) is 10.5. The molecule has 0 heterocycles. The SMILES string of the molecule is CCCNC(CCC(C)(C)C)C1CCCc2ccccc21. The highest BCUT2D eigenvalue weighted by molar-refractivity contribution is 5.33. The van der Waals surface area contributed by atoms with Gasteiger partial charge in [-0.3, -0.25) is 0 Å². The molecule has 0 fully saturated rings. The number of benzene rings is 1. The minimum Gasteiger partial charge on any atom is -0.313 e. The van der Waals surface area contributed by atoms with Gasteiger partial charge in [-0.05, 0) is 67.5 Å². The quantitative estimate of drug-likeness (QED) is 0.748. The van der Waals surface area contributed by atoms with Crippen LogP contribution in [-0.2, 0) is 6.42 Å². The first-order valence-electron chi connectivity index (χ1n) is 8.82. The van der Waals surface area contributed by atoms with Crippen molar-refractivity contribution in [2.24, 2.45) is 5.41 Å². The summed E-state index contributed by atoms with van der Waals surface area (Å²) in [5.74, 6) is 0.712. The van der Waals surface area contributed by atoms with E-state index in [4.69, 9.17) is 0 Å². The van der Waals surface area contributed by atoms with Crippen LogP contribution < -0.4 is 5.32 Å². The summed E-state index contributed by atoms with van der Waals surface area (Å²) >= 11 is 0. The molecule has 0 spiro atoms. The molecule has 0 bridgehead atoms. The third kappa shape index (κ3) is 4.85. The first-order valence-corrected chi connectivity index (χ1v) is 8.82. The highest BCUT2D eigenvalue weighted by Crippen LogP contribution is 2.36. The molecule has 0 aliphatic heterocycles. The van der Waals surface area contributed by atoms with E-state index in [0.717, 1.165) is 6.54 Å². The molecule has 0 amide bonds. The van der Waals surface area contributed by atoms with Crippen molar-refractivity contribution in [3.8, 4) is 0 Å². The van der Waals surface area contributed by atoms with Gasteiger partial charge in [0.05, 0.1) is 0 Å². The number of aryl methyl sites for hydroxylation is 1. The molecule has 2 atom stereocenters. The van der Waals surface area contributed by atoms with Gasteiger partial charge < -0.3 is 5.32 Å². The van der Waals surface area contributed by atoms with Gasteiger partial charge in [-0.15, -0.1) is 0 Å². The van der Waals surface area contributed by atoms with E-state index in [-0.39, 0.29) is 0 Å². The second-order valence-corrected chi connectivity index (χ2v) is 7.86. The summed E-state index contributed by atoms with van der Waals surface area (Å²) in [5.41, 5.74) is 3.64. The molecule has 2 rings (SSSR count). The molecular weight excluding hydrogens is 254 g/mol. The summed E-state index contributed by atoms with van der Waals surface area (Å²) in [4.78, 5) is 0. The van der Waals surface area contributed by atoms with E-state index in [2.05, 4.69) is 57.3 Å². The molecule has 1 aliphatic carbocycles. The Morgan fingerprint density at radius 3 is 2.71 bits per heavy atom. The summed E-state index contributed by atoms with van der Waals surface area (Å²) in [7, 11) is 0. The predicted molar refractivity (Wildman–Crippen MR) is 92.9 cm³/mol. The average molecular weight is 287 g/mol. The van der Waals surface area contributed by atoms with E-state index in [9.17, 15) is 0 Å². The lowest BCUT2D eigenvalue weighted by Gasteiger charge is -2.34. The fourth-order valence-corrected chi connectivity index (χ4v) is 3.57. The minimum atomic E-state index is 0.431. The first-order chi connectivity index (χ1) is 10.0. The van der Waals surface area contributed by atoms with Crippen LogP contribution in [0.4, 0.5) is 0 Å². The summed E-state index contributed by atoms with van der Waals surface area (Å²) < 4.78 is 0. The molecule has 0 radical (unpaired) electrons. The number of nitrogens with one attached hydrogen (secondary N) is 1. The molecule has 0 saturated heterocycles. The molecule has 0 aromatic heterocycles. The smallest absolute Gasteiger partial charge is 0.0136 e. The molecule has 21 heavy (non-hydrogen) atoms. The van der Waals surface area contributed by atoms with Crippen molar-refractivity contribution in [2.45, 2.75) is 78.2 Å². The van der Waals surface area contributed by atoms with E-state index in [1.54, 1.807) is 11.1 Å². The highest BCUT2D eigenvalue weighted by Gasteiger charge is 2.28. The Labute approximate surface area is 131 Å². The molecule has 1 N–H and O–H groups in total. The molecular formula is C20H33N. The molecule has 1 heteroatoms. The normalized spacial score (nSPS) is 20.1. The Kier molecular flexibility index (Phi) is 5.87. The maximum absolute atomic E-state index is 3.85. The predicted octanol–water partition coefficient (Wildman–Crippen LogP) is 5.30. The fourth-order valence-electron chi connectivity index (χ4n) is 3.57. The fraction of sp³-hybridized carbons (Fsp3) is 0.700. The Balaban J connectivity index is 2.13. The van der Waals surface area contributed by atoms with Crippen molar-refractivity contribution in [3.63, 3.8) is 0 Å². The van der Waals surface area contributed by atoms with Crippen LogP contribution in [0.25, 0.3) is 0 Å². The zero-order chi connectivity index (χ0) is 15.3. The van der Waals surface area contributed by atoms with Gasteiger partial charge in [0, 0.05) is 6.04 Å². The number of fused-ring (bicyclic) bond motifs is 1. The zero-order valence-corrected chi connectivity index (χ0v) is 14.4. The Hall–Kier alpha value is -0.820. The Bertz CT molecular complexity index is 430. The second-order valence-electron chi connectivity index (χ2n) is 7.86. The van der Waals surface area contributed by atoms with Gasteiger partial charge in [0.15, 0.2) is 0 Å². The molecule has 2 unspecified atom stereocenters. The van der Waals surface area contributed by atoms with Crippen LogP contribution >= 0.6 is 0 Å². The zero-order valence-electron chi connectivity index (χ0n) is 14.4. The third-order valence-corrected chi connectivity index (χ3v) is 4.76. The monoisotopic (exact) mass is 287 g/mol. The number of hydrogen-bond donors (Lipinski definition) is 1. The molecule has 1 aromatic rings. The van der Waals surface area contributed by atoms with Gasteiger partial charge in [-0.2, -0.15) is 0 Å². The van der Waals surface area contributed by atoms with Gasteiger partial charge in [-0.25, -0.2) is 0 Å². The van der Waals surface area contributed by atoms with Crippen molar-refractivity contribution < 1.29 is 0 Å². The summed E-state index contributed by atoms with van der Waals surface area (Å²) in [6.07, 6.45) is 7.78. The number of hydrogen-bond acceptors (Lipinski definition) is 1. The highest BCUT2D eigenvalue weighted by atomic mass is 14.9. The summed E-state index contributed by atoms with van der Waals surface area (Å²) in [6, 6.07) is 9.77. The van der Waals surface area contributed by atoms with Crippen LogP contribution in [0.5, 0.6) is 0 Å². The van der Waals surface area contributed by atoms with E-state index in [0.29, 0.717) is 17.4 Å². The van der Waals surface area contributed by atoms with Crippen molar-refractivity contribution in [1.82, 2.24) is 5.32 Å². The minimum absolute atomic E-state index is 0.431. The van der Waals surface area contributed by atoms with Gasteiger partial charge >= 0.3 is 0 Å². The Morgan fingerprint density at radius 1 is 1.24 bits per heavy atom.